The standard InChI is InChI=1S/C80H55B3N6/c1-52-41-43-70-64(45-52)83-65-46-53(2)42-44-71(65)89-75-50-61(85(56-29-13-5-14-30-56)57-31-15-6-16-32-57)48-73-77(75)82(63-38-22-24-40-69(63)87(73)59-35-19-8-20-36-59)67-51-66-79(78(83)80(67)89)88(70)74-49-60(84(54-25-9-3-10-26-54)55-27-11-4-12-28-55)47-72-76(74)81(66)62-37-21-23-39-68(62)86(72)58-33-17-7-18-34-58/h3-51H,1-2H3. The van der Waals surface area contributed by atoms with Crippen LogP contribution in [0.3, 0.4) is 0 Å². The minimum Gasteiger partial charge on any atom is -0.312 e. The minimum atomic E-state index is -0.131. The Morgan fingerprint density at radius 2 is 0.528 bits per heavy atom. The summed E-state index contributed by atoms with van der Waals surface area (Å²) < 4.78 is 0. The van der Waals surface area contributed by atoms with Crippen molar-refractivity contribution in [1.82, 2.24) is 0 Å². The van der Waals surface area contributed by atoms with Gasteiger partial charge in [0, 0.05) is 91.0 Å². The van der Waals surface area contributed by atoms with Crippen LogP contribution < -0.4 is 78.6 Å². The zero-order chi connectivity index (χ0) is 58.6. The zero-order valence-corrected chi connectivity index (χ0v) is 49.2. The lowest BCUT2D eigenvalue weighted by atomic mass is 9.25. The van der Waals surface area contributed by atoms with Crippen LogP contribution in [0, 0.1) is 13.8 Å². The zero-order valence-electron chi connectivity index (χ0n) is 49.2. The van der Waals surface area contributed by atoms with Crippen LogP contribution in [0.1, 0.15) is 11.1 Å². The Kier molecular flexibility index (Phi) is 10.8. The third-order valence-electron chi connectivity index (χ3n) is 19.6. The Bertz CT molecular complexity index is 4660. The summed E-state index contributed by atoms with van der Waals surface area (Å²) in [5, 5.41) is 0. The second-order valence-corrected chi connectivity index (χ2v) is 24.5. The van der Waals surface area contributed by atoms with Crippen molar-refractivity contribution >= 4 is 172 Å². The first-order valence-electron chi connectivity index (χ1n) is 31.1. The molecule has 89 heavy (non-hydrogen) atoms. The topological polar surface area (TPSA) is 19.4 Å². The maximum atomic E-state index is 2.72. The molecule has 0 aromatic heterocycles. The maximum absolute atomic E-state index is 2.72. The molecule has 414 valence electrons. The van der Waals surface area contributed by atoms with E-state index in [0.29, 0.717) is 0 Å². The Hall–Kier alpha value is -11.1. The Balaban J connectivity index is 0.972. The molecule has 19 rings (SSSR count). The van der Waals surface area contributed by atoms with Crippen molar-refractivity contribution in [3.63, 3.8) is 0 Å². The minimum absolute atomic E-state index is 0.0843. The number of anilines is 18. The molecule has 6 heterocycles. The first-order valence-corrected chi connectivity index (χ1v) is 31.1. The van der Waals surface area contributed by atoms with Crippen LogP contribution in [0.5, 0.6) is 0 Å². The number of fused-ring (bicyclic) bond motifs is 14. The van der Waals surface area contributed by atoms with E-state index in [2.05, 4.69) is 340 Å². The molecule has 0 unspecified atom stereocenters. The van der Waals surface area contributed by atoms with Gasteiger partial charge in [0.2, 0.25) is 0 Å². The van der Waals surface area contributed by atoms with Gasteiger partial charge >= 0.3 is 0 Å². The van der Waals surface area contributed by atoms with Crippen molar-refractivity contribution in [2.24, 2.45) is 0 Å². The molecule has 0 radical (unpaired) electrons. The van der Waals surface area contributed by atoms with Crippen molar-refractivity contribution < 1.29 is 0 Å². The van der Waals surface area contributed by atoms with E-state index in [1.165, 1.54) is 117 Å². The average molecular weight is 1130 g/mol. The maximum Gasteiger partial charge on any atom is 0.252 e. The van der Waals surface area contributed by atoms with Crippen LogP contribution in [0.25, 0.3) is 0 Å². The molecular formula is C80H55B3N6. The summed E-state index contributed by atoms with van der Waals surface area (Å²) in [7, 11) is 0. The summed E-state index contributed by atoms with van der Waals surface area (Å²) in [5.41, 5.74) is 35.2. The number of benzene rings is 13. The van der Waals surface area contributed by atoms with Gasteiger partial charge in [0.15, 0.2) is 0 Å². The number of para-hydroxylation sites is 8. The number of hydrogen-bond donors (Lipinski definition) is 0. The van der Waals surface area contributed by atoms with Gasteiger partial charge in [0.25, 0.3) is 20.1 Å². The highest BCUT2D eigenvalue weighted by molar-refractivity contribution is 7.07. The molecule has 13 aromatic rings. The second-order valence-electron chi connectivity index (χ2n) is 24.5. The summed E-state index contributed by atoms with van der Waals surface area (Å²) in [6, 6.07) is 112. The van der Waals surface area contributed by atoms with Crippen LogP contribution in [-0.4, -0.2) is 20.1 Å². The lowest BCUT2D eigenvalue weighted by Crippen LogP contribution is -2.72. The lowest BCUT2D eigenvalue weighted by Gasteiger charge is -2.53. The SMILES string of the molecule is Cc1ccc2c(c1)B1c3cc(C)ccc3N3c4cc(N(c5ccccc5)c5ccccc5)cc5c4B(c4ccccc4N5c4ccccc4)c4cc5c(c1c43)N2c1cc(N(c2ccccc2)c2ccccc2)cc2c1B5c1ccccc1N2c1ccccc1. The summed E-state index contributed by atoms with van der Waals surface area (Å²) in [6.07, 6.45) is 0. The molecule has 0 N–H and O–H groups in total. The van der Waals surface area contributed by atoms with E-state index in [0.717, 1.165) is 45.5 Å². The first-order chi connectivity index (χ1) is 44.0. The van der Waals surface area contributed by atoms with Crippen LogP contribution in [0.4, 0.5) is 102 Å². The van der Waals surface area contributed by atoms with E-state index in [4.69, 9.17) is 0 Å². The quantitative estimate of drug-likeness (QED) is 0.140. The molecule has 0 bridgehead atoms. The molecule has 0 saturated heterocycles. The predicted octanol–water partition coefficient (Wildman–Crippen LogP) is 14.6. The molecule has 6 nitrogen and oxygen atoms in total. The van der Waals surface area contributed by atoms with Gasteiger partial charge in [-0.1, -0.05) is 187 Å². The normalized spacial score (nSPS) is 13.6. The van der Waals surface area contributed by atoms with Crippen molar-refractivity contribution in [2.45, 2.75) is 13.8 Å². The van der Waals surface area contributed by atoms with Gasteiger partial charge in [-0.25, -0.2) is 0 Å². The summed E-state index contributed by atoms with van der Waals surface area (Å²) >= 11 is 0. The molecule has 0 atom stereocenters. The van der Waals surface area contributed by atoms with Crippen molar-refractivity contribution in [3.05, 3.63) is 308 Å². The summed E-state index contributed by atoms with van der Waals surface area (Å²) in [4.78, 5) is 15.4. The van der Waals surface area contributed by atoms with Gasteiger partial charge < -0.3 is 29.4 Å². The van der Waals surface area contributed by atoms with E-state index in [1.807, 2.05) is 0 Å². The highest BCUT2D eigenvalue weighted by Crippen LogP contribution is 2.53. The predicted molar refractivity (Wildman–Crippen MR) is 378 cm³/mol. The van der Waals surface area contributed by atoms with Crippen LogP contribution in [-0.2, 0) is 0 Å². The average Bonchev–Trinajstić information content (AvgIpc) is 0.664. The van der Waals surface area contributed by atoms with Crippen molar-refractivity contribution in [1.29, 1.82) is 0 Å². The highest BCUT2D eigenvalue weighted by atomic mass is 15.2. The lowest BCUT2D eigenvalue weighted by molar-refractivity contribution is 1.21. The fourth-order valence-electron chi connectivity index (χ4n) is 16.2. The van der Waals surface area contributed by atoms with E-state index in [-0.39, 0.29) is 20.1 Å². The number of rotatable bonds is 8. The number of hydrogen-bond acceptors (Lipinski definition) is 6. The second kappa shape index (κ2) is 19.2. The number of aryl methyl sites for hydroxylation is 2. The van der Waals surface area contributed by atoms with E-state index in [1.54, 1.807) is 0 Å². The van der Waals surface area contributed by atoms with E-state index in [9.17, 15) is 0 Å². The molecule has 6 aliphatic heterocycles. The van der Waals surface area contributed by atoms with Gasteiger partial charge in [-0.2, -0.15) is 0 Å². The highest BCUT2D eigenvalue weighted by Gasteiger charge is 2.55. The van der Waals surface area contributed by atoms with E-state index < -0.39 is 0 Å². The Morgan fingerprint density at radius 1 is 0.225 bits per heavy atom. The van der Waals surface area contributed by atoms with Gasteiger partial charge in [0.1, 0.15) is 0 Å². The monoisotopic (exact) mass is 1130 g/mol. The third kappa shape index (κ3) is 7.18. The third-order valence-corrected chi connectivity index (χ3v) is 19.6. The van der Waals surface area contributed by atoms with Gasteiger partial charge in [-0.05, 0) is 184 Å². The molecule has 0 saturated carbocycles. The van der Waals surface area contributed by atoms with Crippen molar-refractivity contribution in [3.8, 4) is 0 Å². The molecule has 0 amide bonds. The molecule has 9 heteroatoms. The van der Waals surface area contributed by atoms with Gasteiger partial charge in [0.05, 0.1) is 11.4 Å². The largest absolute Gasteiger partial charge is 0.312 e. The molecule has 0 fully saturated rings. The molecule has 0 aliphatic carbocycles. The fourth-order valence-corrected chi connectivity index (χ4v) is 16.2. The fraction of sp³-hybridized carbons (Fsp3) is 0.0250. The Morgan fingerprint density at radius 3 is 0.899 bits per heavy atom. The molecular weight excluding hydrogens is 1080 g/mol. The summed E-state index contributed by atoms with van der Waals surface area (Å²) in [5.74, 6) is 0. The molecule has 13 aromatic carbocycles. The van der Waals surface area contributed by atoms with Gasteiger partial charge in [-0.15, -0.1) is 0 Å². The molecule has 6 aliphatic rings. The van der Waals surface area contributed by atoms with E-state index >= 15 is 0 Å². The van der Waals surface area contributed by atoms with Crippen LogP contribution in [0.15, 0.2) is 297 Å². The van der Waals surface area contributed by atoms with Crippen LogP contribution >= 0.6 is 0 Å². The molecule has 0 spiro atoms. The summed E-state index contributed by atoms with van der Waals surface area (Å²) in [6.45, 7) is 4.20. The van der Waals surface area contributed by atoms with Crippen LogP contribution in [0.2, 0.25) is 0 Å². The smallest absolute Gasteiger partial charge is 0.252 e. The number of nitrogens with zero attached hydrogens (tertiary/aromatic N) is 6. The first kappa shape index (κ1) is 50.0. The van der Waals surface area contributed by atoms with Gasteiger partial charge in [-0.3, -0.25) is 0 Å². The van der Waals surface area contributed by atoms with Crippen molar-refractivity contribution in [2.75, 3.05) is 29.4 Å². The Labute approximate surface area is 520 Å².